The van der Waals surface area contributed by atoms with Gasteiger partial charge in [0.2, 0.25) is 0 Å². The molecule has 0 radical (unpaired) electrons. The molecule has 0 bridgehead atoms. The van der Waals surface area contributed by atoms with Gasteiger partial charge in [0.25, 0.3) is 0 Å². The summed E-state index contributed by atoms with van der Waals surface area (Å²) in [4.78, 5) is 2.19. The molecule has 188 valence electrons. The van der Waals surface area contributed by atoms with Crippen molar-refractivity contribution in [3.8, 4) is 16.9 Å². The number of anilines is 1. The molecule has 0 saturated heterocycles. The summed E-state index contributed by atoms with van der Waals surface area (Å²) in [6.45, 7) is 0. The molecule has 0 heterocycles. The molecule has 0 aliphatic heterocycles. The fourth-order valence-corrected chi connectivity index (χ4v) is 5.70. The van der Waals surface area contributed by atoms with E-state index in [2.05, 4.69) is 4.90 Å². The highest BCUT2D eigenvalue weighted by molar-refractivity contribution is 7.88. The summed E-state index contributed by atoms with van der Waals surface area (Å²) >= 11 is 0. The van der Waals surface area contributed by atoms with Crippen LogP contribution in [0, 0.1) is 0 Å². The number of rotatable bonds is 5. The third-order valence-electron chi connectivity index (χ3n) is 7.03. The molecule has 8 heteroatoms. The Kier molecular flexibility index (Phi) is 6.32. The lowest BCUT2D eigenvalue weighted by Crippen LogP contribution is -2.33. The lowest BCUT2D eigenvalue weighted by molar-refractivity contribution is -0.0499. The Bertz CT molecular complexity index is 1530. The van der Waals surface area contributed by atoms with Crippen molar-refractivity contribution in [3.63, 3.8) is 0 Å². The minimum Gasteiger partial charge on any atom is -0.375 e. The van der Waals surface area contributed by atoms with Crippen LogP contribution in [0.5, 0.6) is 5.75 Å². The first-order chi connectivity index (χ1) is 17.2. The van der Waals surface area contributed by atoms with E-state index >= 15 is 0 Å². The van der Waals surface area contributed by atoms with E-state index in [4.69, 9.17) is 4.18 Å². The predicted octanol–water partition coefficient (Wildman–Crippen LogP) is 7.66. The van der Waals surface area contributed by atoms with Crippen molar-refractivity contribution in [1.29, 1.82) is 0 Å². The first-order valence-corrected chi connectivity index (χ1v) is 13.4. The van der Waals surface area contributed by atoms with Crippen LogP contribution >= 0.6 is 0 Å². The van der Waals surface area contributed by atoms with E-state index in [1.165, 1.54) is 12.5 Å². The van der Waals surface area contributed by atoms with Gasteiger partial charge in [-0.2, -0.15) is 21.6 Å². The maximum Gasteiger partial charge on any atom is 0.534 e. The average molecular weight is 514 g/mol. The Labute approximate surface area is 208 Å². The van der Waals surface area contributed by atoms with Gasteiger partial charge in [-0.25, -0.2) is 0 Å². The normalized spacial score (nSPS) is 15.3. The molecule has 4 aromatic carbocycles. The lowest BCUT2D eigenvalue weighted by Gasteiger charge is -2.35. The summed E-state index contributed by atoms with van der Waals surface area (Å²) < 4.78 is 69.1. The van der Waals surface area contributed by atoms with Crippen LogP contribution in [0.1, 0.15) is 32.1 Å². The van der Waals surface area contributed by atoms with Crippen molar-refractivity contribution in [1.82, 2.24) is 0 Å². The largest absolute Gasteiger partial charge is 0.534 e. The zero-order valence-corrected chi connectivity index (χ0v) is 20.6. The van der Waals surface area contributed by atoms with Gasteiger partial charge in [0, 0.05) is 29.9 Å². The highest BCUT2D eigenvalue weighted by Gasteiger charge is 2.49. The minimum absolute atomic E-state index is 0.275. The van der Waals surface area contributed by atoms with Gasteiger partial charge in [0.15, 0.2) is 5.75 Å². The Balaban J connectivity index is 1.83. The monoisotopic (exact) mass is 513 g/mol. The topological polar surface area (TPSA) is 46.6 Å². The molecule has 0 N–H and O–H groups in total. The number of nitrogens with zero attached hydrogens (tertiary/aromatic N) is 1. The summed E-state index contributed by atoms with van der Waals surface area (Å²) in [5.41, 5.74) is -3.73. The molecule has 0 spiro atoms. The second-order valence-corrected chi connectivity index (χ2v) is 10.8. The molecule has 0 unspecified atom stereocenters. The summed E-state index contributed by atoms with van der Waals surface area (Å²) in [5.74, 6) is -0.347. The molecular weight excluding hydrogens is 487 g/mol. The van der Waals surface area contributed by atoms with Crippen LogP contribution in [-0.2, 0) is 10.1 Å². The molecule has 1 aliphatic carbocycles. The molecule has 0 atom stereocenters. The molecule has 1 saturated carbocycles. The van der Waals surface area contributed by atoms with Gasteiger partial charge in [0.1, 0.15) is 0 Å². The first kappa shape index (κ1) is 24.4. The van der Waals surface area contributed by atoms with Crippen molar-refractivity contribution in [3.05, 3.63) is 72.8 Å². The van der Waals surface area contributed by atoms with Crippen LogP contribution in [0.25, 0.3) is 32.7 Å². The third kappa shape index (κ3) is 4.39. The second kappa shape index (κ2) is 9.32. The quantitative estimate of drug-likeness (QED) is 0.203. The number of fused-ring (bicyclic) bond motifs is 2. The standard InChI is InChI=1S/C28H26F3NO3S/c1-32(21-11-3-2-4-12-21)24-17-15-19-9-5-7-13-22(19)26(24)27-23-14-8-6-10-20(23)16-18-25(27)35-36(33,34)28(29,30)31/h5-10,13-18,21H,2-4,11-12H2,1H3. The summed E-state index contributed by atoms with van der Waals surface area (Å²) in [5, 5.41) is 3.08. The highest BCUT2D eigenvalue weighted by atomic mass is 32.2. The van der Waals surface area contributed by atoms with Crippen LogP contribution in [0.2, 0.25) is 0 Å². The predicted molar refractivity (Wildman–Crippen MR) is 138 cm³/mol. The molecule has 0 aromatic heterocycles. The van der Waals surface area contributed by atoms with Crippen LogP contribution in [0.3, 0.4) is 0 Å². The van der Waals surface area contributed by atoms with Gasteiger partial charge in [0.05, 0.1) is 0 Å². The smallest absolute Gasteiger partial charge is 0.375 e. The number of hydrogen-bond acceptors (Lipinski definition) is 4. The molecule has 36 heavy (non-hydrogen) atoms. The summed E-state index contributed by atoms with van der Waals surface area (Å²) in [6, 6.07) is 22.0. The zero-order chi connectivity index (χ0) is 25.5. The molecule has 0 amide bonds. The van der Waals surface area contributed by atoms with Crippen LogP contribution in [0.4, 0.5) is 18.9 Å². The van der Waals surface area contributed by atoms with Crippen molar-refractivity contribution in [2.24, 2.45) is 0 Å². The van der Waals surface area contributed by atoms with Crippen LogP contribution in [0.15, 0.2) is 72.8 Å². The van der Waals surface area contributed by atoms with E-state index in [0.29, 0.717) is 16.5 Å². The van der Waals surface area contributed by atoms with Gasteiger partial charge in [-0.3, -0.25) is 0 Å². The Morgan fingerprint density at radius 2 is 1.33 bits per heavy atom. The number of alkyl halides is 3. The molecule has 4 nitrogen and oxygen atoms in total. The summed E-state index contributed by atoms with van der Waals surface area (Å²) in [6.07, 6.45) is 5.45. The van der Waals surface area contributed by atoms with Gasteiger partial charge >= 0.3 is 15.6 Å². The Hall–Kier alpha value is -3.26. The van der Waals surface area contributed by atoms with E-state index in [-0.39, 0.29) is 11.8 Å². The van der Waals surface area contributed by atoms with Gasteiger partial charge in [-0.15, -0.1) is 0 Å². The molecule has 1 fully saturated rings. The Morgan fingerprint density at radius 1 is 0.778 bits per heavy atom. The maximum atomic E-state index is 13.3. The first-order valence-electron chi connectivity index (χ1n) is 11.9. The van der Waals surface area contributed by atoms with E-state index in [0.717, 1.165) is 47.5 Å². The maximum absolute atomic E-state index is 13.3. The SMILES string of the molecule is CN(c1ccc2ccccc2c1-c1c(OS(=O)(=O)C(F)(F)F)ccc2ccccc12)C1CCCCC1. The molecule has 5 rings (SSSR count). The summed E-state index contributed by atoms with van der Waals surface area (Å²) in [7, 11) is -3.87. The van der Waals surface area contributed by atoms with Gasteiger partial charge in [-0.05, 0) is 46.5 Å². The zero-order valence-electron chi connectivity index (χ0n) is 19.8. The van der Waals surface area contributed by atoms with E-state index in [1.807, 2.05) is 55.6 Å². The highest BCUT2D eigenvalue weighted by Crippen LogP contribution is 2.47. The molecular formula is C28H26F3NO3S. The van der Waals surface area contributed by atoms with Gasteiger partial charge < -0.3 is 9.08 Å². The van der Waals surface area contributed by atoms with Crippen molar-refractivity contribution in [2.45, 2.75) is 43.7 Å². The lowest BCUT2D eigenvalue weighted by atomic mass is 9.89. The molecule has 1 aliphatic rings. The van der Waals surface area contributed by atoms with E-state index < -0.39 is 15.6 Å². The number of benzene rings is 4. The fourth-order valence-electron chi connectivity index (χ4n) is 5.23. The molecule has 4 aromatic rings. The van der Waals surface area contributed by atoms with Gasteiger partial charge in [-0.1, -0.05) is 79.9 Å². The average Bonchev–Trinajstić information content (AvgIpc) is 2.87. The van der Waals surface area contributed by atoms with E-state index in [1.54, 1.807) is 18.2 Å². The Morgan fingerprint density at radius 3 is 1.94 bits per heavy atom. The van der Waals surface area contributed by atoms with Crippen molar-refractivity contribution >= 4 is 37.4 Å². The fraction of sp³-hybridized carbons (Fsp3) is 0.286. The minimum atomic E-state index is -5.87. The number of hydrogen-bond donors (Lipinski definition) is 0. The van der Waals surface area contributed by atoms with Crippen molar-refractivity contribution < 1.29 is 25.8 Å². The van der Waals surface area contributed by atoms with Crippen LogP contribution < -0.4 is 9.08 Å². The van der Waals surface area contributed by atoms with E-state index in [9.17, 15) is 21.6 Å². The van der Waals surface area contributed by atoms with Crippen LogP contribution in [-0.4, -0.2) is 27.0 Å². The number of halogens is 3. The third-order valence-corrected chi connectivity index (χ3v) is 8.00. The second-order valence-electron chi connectivity index (χ2n) is 9.23. The van der Waals surface area contributed by atoms with Crippen molar-refractivity contribution in [2.75, 3.05) is 11.9 Å².